The predicted molar refractivity (Wildman–Crippen MR) is 84.2 cm³/mol. The van der Waals surface area contributed by atoms with Crippen LogP contribution in [-0.4, -0.2) is 36.1 Å². The Balaban J connectivity index is 2.19. The first-order valence-corrected chi connectivity index (χ1v) is 9.71. The van der Waals surface area contributed by atoms with Gasteiger partial charge in [0.1, 0.15) is 11.7 Å². The summed E-state index contributed by atoms with van der Waals surface area (Å²) >= 11 is 1.53. The average molecular weight is 329 g/mol. The normalized spacial score (nSPS) is 19.2. The van der Waals surface area contributed by atoms with E-state index in [0.717, 1.165) is 5.56 Å². The molecule has 1 aliphatic rings. The number of nitrogens with zero attached hydrogens (tertiary/aromatic N) is 1. The van der Waals surface area contributed by atoms with E-state index in [2.05, 4.69) is 0 Å². The quantitative estimate of drug-likeness (QED) is 0.717. The van der Waals surface area contributed by atoms with Crippen LogP contribution < -0.4 is 0 Å². The predicted octanol–water partition coefficient (Wildman–Crippen LogP) is 3.48. The summed E-state index contributed by atoms with van der Waals surface area (Å²) in [6.45, 7) is 4.12. The van der Waals surface area contributed by atoms with Crippen molar-refractivity contribution in [3.05, 3.63) is 35.9 Å². The molecule has 0 aliphatic carbocycles. The van der Waals surface area contributed by atoms with Crippen LogP contribution in [0.1, 0.15) is 24.8 Å². The van der Waals surface area contributed by atoms with Gasteiger partial charge in [-0.1, -0.05) is 30.3 Å². The third-order valence-corrected chi connectivity index (χ3v) is 6.24. The number of thioether (sulfide) groups is 1. The number of hydrogen-bond acceptors (Lipinski definition) is 5. The van der Waals surface area contributed by atoms with Crippen LogP contribution in [-0.2, 0) is 18.4 Å². The van der Waals surface area contributed by atoms with Crippen molar-refractivity contribution in [3.63, 3.8) is 0 Å². The minimum Gasteiger partial charge on any atom is -0.314 e. The molecule has 1 saturated heterocycles. The molecule has 0 spiro atoms. The molecule has 1 amide bonds. The summed E-state index contributed by atoms with van der Waals surface area (Å²) in [7, 11) is -3.27. The number of benzene rings is 1. The van der Waals surface area contributed by atoms with Crippen LogP contribution >= 0.6 is 19.4 Å². The molecular formula is C14H20NO4PS. The average Bonchev–Trinajstić information content (AvgIpc) is 2.81. The number of hydrogen-bond donors (Lipinski definition) is 0. The maximum Gasteiger partial charge on any atom is 0.349 e. The van der Waals surface area contributed by atoms with Gasteiger partial charge in [0.05, 0.1) is 19.0 Å². The Morgan fingerprint density at radius 2 is 1.86 bits per heavy atom. The third kappa shape index (κ3) is 4.10. The molecule has 2 rings (SSSR count). The molecule has 7 heteroatoms. The van der Waals surface area contributed by atoms with E-state index in [0.29, 0.717) is 19.0 Å². The summed E-state index contributed by atoms with van der Waals surface area (Å²) < 4.78 is 23.2. The minimum atomic E-state index is -3.27. The molecule has 0 saturated carbocycles. The van der Waals surface area contributed by atoms with E-state index in [9.17, 15) is 9.36 Å². The third-order valence-electron chi connectivity index (χ3n) is 3.03. The van der Waals surface area contributed by atoms with Gasteiger partial charge in [0.15, 0.2) is 0 Å². The zero-order chi connectivity index (χ0) is 15.3. The highest BCUT2D eigenvalue weighted by atomic mass is 32.2. The van der Waals surface area contributed by atoms with Crippen molar-refractivity contribution >= 4 is 25.3 Å². The Morgan fingerprint density at radius 1 is 1.24 bits per heavy atom. The Labute approximate surface area is 129 Å². The van der Waals surface area contributed by atoms with Crippen molar-refractivity contribution in [2.45, 2.75) is 19.2 Å². The molecule has 1 aromatic rings. The number of carbonyl (C=O) groups excluding carboxylic acids is 1. The largest absolute Gasteiger partial charge is 0.349 e. The number of carbonyl (C=O) groups is 1. The fourth-order valence-corrected chi connectivity index (χ4v) is 5.22. The Morgan fingerprint density at radius 3 is 2.43 bits per heavy atom. The lowest BCUT2D eigenvalue weighted by Crippen LogP contribution is -2.30. The second-order valence-electron chi connectivity index (χ2n) is 4.53. The lowest BCUT2D eigenvalue weighted by molar-refractivity contribution is -0.127. The molecule has 1 aliphatic heterocycles. The molecule has 0 radical (unpaired) electrons. The topological polar surface area (TPSA) is 55.8 Å². The van der Waals surface area contributed by atoms with Gasteiger partial charge < -0.3 is 13.9 Å². The standard InChI is InChI=1S/C14H20NO4PS/c1-3-18-20(17,19-4-2)11-15-13(16)10-21-14(15)12-8-6-5-7-9-12/h5-9,14H,3-4,10-11H2,1-2H3/t14-/m1/s1. The van der Waals surface area contributed by atoms with Crippen LogP contribution in [0.4, 0.5) is 0 Å². The Hall–Kier alpha value is -0.810. The maximum absolute atomic E-state index is 12.6. The van der Waals surface area contributed by atoms with Crippen molar-refractivity contribution in [2.24, 2.45) is 0 Å². The van der Waals surface area contributed by atoms with Crippen molar-refractivity contribution in [2.75, 3.05) is 25.3 Å². The SMILES string of the molecule is CCOP(=O)(CN1C(=O)CS[C@@H]1c1ccccc1)OCC. The Bertz CT molecular complexity index is 515. The van der Waals surface area contributed by atoms with E-state index >= 15 is 0 Å². The molecule has 1 atom stereocenters. The first-order valence-electron chi connectivity index (χ1n) is 6.93. The van der Waals surface area contributed by atoms with E-state index in [1.54, 1.807) is 18.7 Å². The molecule has 21 heavy (non-hydrogen) atoms. The van der Waals surface area contributed by atoms with Crippen molar-refractivity contribution in [1.82, 2.24) is 4.90 Å². The van der Waals surface area contributed by atoms with E-state index in [-0.39, 0.29) is 17.6 Å². The minimum absolute atomic E-state index is 0.0000737. The van der Waals surface area contributed by atoms with Crippen molar-refractivity contribution in [3.8, 4) is 0 Å². The first kappa shape index (κ1) is 16.6. The Kier molecular flexibility index (Phi) is 5.88. The number of amides is 1. The first-order chi connectivity index (χ1) is 10.1. The van der Waals surface area contributed by atoms with Gasteiger partial charge in [-0.3, -0.25) is 9.36 Å². The molecular weight excluding hydrogens is 309 g/mol. The van der Waals surface area contributed by atoms with Gasteiger partial charge in [-0.25, -0.2) is 0 Å². The molecule has 1 heterocycles. The zero-order valence-electron chi connectivity index (χ0n) is 12.2. The maximum atomic E-state index is 12.6. The van der Waals surface area contributed by atoms with Gasteiger partial charge in [-0.15, -0.1) is 11.8 Å². The van der Waals surface area contributed by atoms with Crippen LogP contribution in [0.5, 0.6) is 0 Å². The van der Waals surface area contributed by atoms with Gasteiger partial charge in [0.2, 0.25) is 5.91 Å². The van der Waals surface area contributed by atoms with Crippen LogP contribution in [0.2, 0.25) is 0 Å². The molecule has 0 unspecified atom stereocenters. The van der Waals surface area contributed by atoms with Gasteiger partial charge in [-0.05, 0) is 19.4 Å². The zero-order valence-corrected chi connectivity index (χ0v) is 13.9. The summed E-state index contributed by atoms with van der Waals surface area (Å²) in [5.41, 5.74) is 1.02. The van der Waals surface area contributed by atoms with Gasteiger partial charge >= 0.3 is 7.60 Å². The highest BCUT2D eigenvalue weighted by Crippen LogP contribution is 2.52. The molecule has 0 N–H and O–H groups in total. The monoisotopic (exact) mass is 329 g/mol. The number of rotatable bonds is 7. The fraction of sp³-hybridized carbons (Fsp3) is 0.500. The van der Waals surface area contributed by atoms with E-state index in [4.69, 9.17) is 9.05 Å². The lowest BCUT2D eigenvalue weighted by atomic mass is 10.2. The smallest absolute Gasteiger partial charge is 0.314 e. The van der Waals surface area contributed by atoms with Crippen molar-refractivity contribution < 1.29 is 18.4 Å². The highest BCUT2D eigenvalue weighted by Gasteiger charge is 2.38. The van der Waals surface area contributed by atoms with Gasteiger partial charge in [0.25, 0.3) is 0 Å². The molecule has 0 aromatic heterocycles. The van der Waals surface area contributed by atoms with Crippen LogP contribution in [0.3, 0.4) is 0 Å². The van der Waals surface area contributed by atoms with Gasteiger partial charge in [0, 0.05) is 0 Å². The summed E-state index contributed by atoms with van der Waals surface area (Å²) in [6.07, 6.45) is 0.0000737. The molecule has 0 bridgehead atoms. The second-order valence-corrected chi connectivity index (χ2v) is 7.62. The second kappa shape index (κ2) is 7.45. The summed E-state index contributed by atoms with van der Waals surface area (Å²) in [4.78, 5) is 13.7. The van der Waals surface area contributed by atoms with E-state index < -0.39 is 7.60 Å². The summed E-state index contributed by atoms with van der Waals surface area (Å²) in [6, 6.07) is 9.73. The fourth-order valence-electron chi connectivity index (χ4n) is 2.20. The van der Waals surface area contributed by atoms with Crippen LogP contribution in [0, 0.1) is 0 Å². The molecule has 1 aromatic carbocycles. The van der Waals surface area contributed by atoms with E-state index in [1.165, 1.54) is 11.8 Å². The van der Waals surface area contributed by atoms with Crippen molar-refractivity contribution in [1.29, 1.82) is 0 Å². The van der Waals surface area contributed by atoms with E-state index in [1.807, 2.05) is 30.3 Å². The molecule has 116 valence electrons. The summed E-state index contributed by atoms with van der Waals surface area (Å²) in [5, 5.41) is -0.132. The summed E-state index contributed by atoms with van der Waals surface area (Å²) in [5.74, 6) is 0.353. The van der Waals surface area contributed by atoms with Gasteiger partial charge in [-0.2, -0.15) is 0 Å². The molecule has 5 nitrogen and oxygen atoms in total. The van der Waals surface area contributed by atoms with Crippen LogP contribution in [0.15, 0.2) is 30.3 Å². The molecule has 1 fully saturated rings. The lowest BCUT2D eigenvalue weighted by Gasteiger charge is -2.27. The van der Waals surface area contributed by atoms with Crippen LogP contribution in [0.25, 0.3) is 0 Å². The highest BCUT2D eigenvalue weighted by molar-refractivity contribution is 8.00.